The molecule has 0 aromatic heterocycles. The molecule has 1 saturated carbocycles. The fraction of sp³-hybridized carbons (Fsp3) is 0.607. The van der Waals surface area contributed by atoms with Gasteiger partial charge in [0.05, 0.1) is 18.2 Å². The van der Waals surface area contributed by atoms with Crippen molar-refractivity contribution >= 4 is 23.8 Å². The van der Waals surface area contributed by atoms with Gasteiger partial charge in [0.1, 0.15) is 17.7 Å². The second kappa shape index (κ2) is 9.83. The Morgan fingerprint density at radius 3 is 2.62 bits per heavy atom. The van der Waals surface area contributed by atoms with Crippen molar-refractivity contribution in [1.82, 2.24) is 20.0 Å². The molecule has 11 heteroatoms. The maximum Gasteiger partial charge on any atom is 0.408 e. The number of benzene rings is 1. The lowest BCUT2D eigenvalue weighted by atomic mass is 10.0. The highest BCUT2D eigenvalue weighted by atomic mass is 16.6. The van der Waals surface area contributed by atoms with E-state index in [1.165, 1.54) is 0 Å². The highest BCUT2D eigenvalue weighted by molar-refractivity contribution is 5.93. The summed E-state index contributed by atoms with van der Waals surface area (Å²) in [6, 6.07) is 7.07. The van der Waals surface area contributed by atoms with Gasteiger partial charge in [-0.2, -0.15) is 5.26 Å². The molecule has 39 heavy (non-hydrogen) atoms. The van der Waals surface area contributed by atoms with Crippen molar-refractivity contribution in [3.63, 3.8) is 0 Å². The van der Waals surface area contributed by atoms with Crippen molar-refractivity contribution in [2.24, 2.45) is 11.7 Å². The van der Waals surface area contributed by atoms with Crippen LogP contribution in [0.3, 0.4) is 0 Å². The number of ether oxygens (including phenoxy) is 1. The van der Waals surface area contributed by atoms with E-state index in [4.69, 9.17) is 10.5 Å². The van der Waals surface area contributed by atoms with Gasteiger partial charge in [0.25, 0.3) is 0 Å². The molecule has 5 rings (SSSR count). The number of piperazine rings is 1. The van der Waals surface area contributed by atoms with E-state index in [0.717, 1.165) is 12.0 Å². The number of nitrogens with one attached hydrogen (secondary N) is 1. The first-order valence-electron chi connectivity index (χ1n) is 13.5. The predicted molar refractivity (Wildman–Crippen MR) is 140 cm³/mol. The Labute approximate surface area is 228 Å². The number of likely N-dealkylation sites (tertiary alicyclic amines) is 3. The Hall–Kier alpha value is -3.65. The second-order valence-electron chi connectivity index (χ2n) is 12.2. The van der Waals surface area contributed by atoms with Gasteiger partial charge >= 0.3 is 6.09 Å². The number of hydrogen-bond donors (Lipinski definition) is 2. The molecular formula is C28H36N6O5. The van der Waals surface area contributed by atoms with Crippen LogP contribution in [0.25, 0.3) is 0 Å². The molecule has 1 aromatic carbocycles. The molecule has 1 aromatic rings. The molecule has 4 amide bonds. The van der Waals surface area contributed by atoms with Gasteiger partial charge in [0.15, 0.2) is 0 Å². The number of piperidine rings is 1. The number of primary amides is 1. The molecule has 4 unspecified atom stereocenters. The summed E-state index contributed by atoms with van der Waals surface area (Å²) in [5.41, 5.74) is 5.92. The summed E-state index contributed by atoms with van der Waals surface area (Å²) >= 11 is 0. The molecule has 3 saturated heterocycles. The molecule has 4 aliphatic rings. The molecule has 4 fully saturated rings. The molecule has 3 heterocycles. The van der Waals surface area contributed by atoms with E-state index in [9.17, 15) is 24.4 Å². The summed E-state index contributed by atoms with van der Waals surface area (Å²) in [4.78, 5) is 57.0. The zero-order valence-corrected chi connectivity index (χ0v) is 22.8. The number of nitrogens with zero attached hydrogens (tertiary/aromatic N) is 4. The van der Waals surface area contributed by atoms with Gasteiger partial charge in [-0.3, -0.25) is 19.3 Å². The van der Waals surface area contributed by atoms with Gasteiger partial charge < -0.3 is 25.6 Å². The SMILES string of the molecule is CC(c1cccc(C(N)=O)c1)N1C(=O)C2C[C@H]1CN2CC(NC(=O)OC(C)(C)C)C(=O)N1C(C#N)C[C@@H]2C[C@@H]21. The van der Waals surface area contributed by atoms with Crippen LogP contribution in [-0.4, -0.2) is 87.4 Å². The minimum absolute atomic E-state index is 0.0363. The van der Waals surface area contributed by atoms with Crippen molar-refractivity contribution in [3.05, 3.63) is 35.4 Å². The average molecular weight is 537 g/mol. The van der Waals surface area contributed by atoms with Gasteiger partial charge in [-0.1, -0.05) is 12.1 Å². The van der Waals surface area contributed by atoms with Crippen LogP contribution in [0, 0.1) is 17.2 Å². The van der Waals surface area contributed by atoms with Gasteiger partial charge in [-0.15, -0.1) is 0 Å². The number of carbonyl (C=O) groups is 4. The third-order valence-corrected chi connectivity index (χ3v) is 8.30. The van der Waals surface area contributed by atoms with Gasteiger partial charge in [-0.05, 0) is 70.6 Å². The summed E-state index contributed by atoms with van der Waals surface area (Å²) < 4.78 is 5.43. The number of nitriles is 1. The highest BCUT2D eigenvalue weighted by Crippen LogP contribution is 2.48. The van der Waals surface area contributed by atoms with Gasteiger partial charge in [-0.25, -0.2) is 4.79 Å². The fourth-order valence-electron chi connectivity index (χ4n) is 6.45. The maximum atomic E-state index is 13.7. The van der Waals surface area contributed by atoms with E-state index >= 15 is 0 Å². The largest absolute Gasteiger partial charge is 0.444 e. The van der Waals surface area contributed by atoms with E-state index in [0.29, 0.717) is 30.9 Å². The lowest BCUT2D eigenvalue weighted by Crippen LogP contribution is -2.59. The third kappa shape index (κ3) is 5.17. The van der Waals surface area contributed by atoms with Crippen LogP contribution in [0.1, 0.15) is 68.9 Å². The van der Waals surface area contributed by atoms with Crippen molar-refractivity contribution < 1.29 is 23.9 Å². The molecule has 0 spiro atoms. The maximum absolute atomic E-state index is 13.7. The lowest BCUT2D eigenvalue weighted by molar-refractivity contribution is -0.141. The van der Waals surface area contributed by atoms with E-state index in [-0.39, 0.29) is 36.5 Å². The molecule has 7 atom stereocenters. The molecule has 2 bridgehead atoms. The van der Waals surface area contributed by atoms with E-state index in [1.807, 2.05) is 22.8 Å². The van der Waals surface area contributed by atoms with Crippen molar-refractivity contribution in [1.29, 1.82) is 5.26 Å². The number of carbonyl (C=O) groups excluding carboxylic acids is 4. The summed E-state index contributed by atoms with van der Waals surface area (Å²) in [5.74, 6) is -0.536. The zero-order chi connectivity index (χ0) is 28.2. The van der Waals surface area contributed by atoms with Crippen LogP contribution in [-0.2, 0) is 14.3 Å². The number of fused-ring (bicyclic) bond motifs is 3. The van der Waals surface area contributed by atoms with Crippen LogP contribution in [0.4, 0.5) is 4.79 Å². The van der Waals surface area contributed by atoms with E-state index in [1.54, 1.807) is 43.9 Å². The molecule has 3 N–H and O–H groups in total. The molecular weight excluding hydrogens is 500 g/mol. The second-order valence-corrected chi connectivity index (χ2v) is 12.2. The van der Waals surface area contributed by atoms with Crippen LogP contribution in [0.2, 0.25) is 0 Å². The normalized spacial score (nSPS) is 29.0. The van der Waals surface area contributed by atoms with Crippen LogP contribution >= 0.6 is 0 Å². The highest BCUT2D eigenvalue weighted by Gasteiger charge is 2.56. The minimum atomic E-state index is -0.944. The minimum Gasteiger partial charge on any atom is -0.444 e. The number of amides is 4. The summed E-state index contributed by atoms with van der Waals surface area (Å²) in [6.45, 7) is 7.87. The van der Waals surface area contributed by atoms with E-state index < -0.39 is 35.7 Å². The van der Waals surface area contributed by atoms with Crippen LogP contribution in [0.5, 0.6) is 0 Å². The molecule has 11 nitrogen and oxygen atoms in total. The van der Waals surface area contributed by atoms with Crippen LogP contribution in [0.15, 0.2) is 24.3 Å². The standard InChI is InChI=1S/C28H36N6O5/c1-15(16-6-5-7-17(8-16)24(30)35)33-20-11-23(26(33)37)32(13-20)14-21(31-27(38)39-28(2,3)4)25(36)34-19(12-29)9-18-10-22(18)34/h5-8,15,18-23H,9-11,13-14H2,1-4H3,(H2,30,35)(H,31,38)/t15?,18-,19?,20+,21?,22+,23?/m1/s1. The Morgan fingerprint density at radius 1 is 1.23 bits per heavy atom. The zero-order valence-electron chi connectivity index (χ0n) is 22.8. The summed E-state index contributed by atoms with van der Waals surface area (Å²) in [5, 5.41) is 12.4. The number of nitrogens with two attached hydrogens (primary N) is 1. The Kier molecular flexibility index (Phi) is 6.79. The Morgan fingerprint density at radius 2 is 1.97 bits per heavy atom. The van der Waals surface area contributed by atoms with Gasteiger partial charge in [0, 0.05) is 30.7 Å². The van der Waals surface area contributed by atoms with Crippen LogP contribution < -0.4 is 11.1 Å². The smallest absolute Gasteiger partial charge is 0.408 e. The predicted octanol–water partition coefficient (Wildman–Crippen LogP) is 1.54. The number of hydrogen-bond acceptors (Lipinski definition) is 7. The monoisotopic (exact) mass is 536 g/mol. The molecule has 208 valence electrons. The molecule has 0 radical (unpaired) electrons. The average Bonchev–Trinajstić information content (AvgIpc) is 3.18. The molecule has 1 aliphatic carbocycles. The van der Waals surface area contributed by atoms with E-state index in [2.05, 4.69) is 11.4 Å². The first kappa shape index (κ1) is 26.9. The summed E-state index contributed by atoms with van der Waals surface area (Å²) in [7, 11) is 0. The van der Waals surface area contributed by atoms with Crippen molar-refractivity contribution in [3.8, 4) is 6.07 Å². The first-order valence-corrected chi connectivity index (χ1v) is 13.5. The first-order chi connectivity index (χ1) is 18.4. The third-order valence-electron chi connectivity index (χ3n) is 8.30. The fourth-order valence-corrected chi connectivity index (χ4v) is 6.45. The van der Waals surface area contributed by atoms with Crippen molar-refractivity contribution in [2.45, 2.75) is 88.8 Å². The van der Waals surface area contributed by atoms with Gasteiger partial charge in [0.2, 0.25) is 17.7 Å². The quantitative estimate of drug-likeness (QED) is 0.537. The lowest BCUT2D eigenvalue weighted by Gasteiger charge is -2.39. The number of alkyl carbamates (subject to hydrolysis) is 1. The van der Waals surface area contributed by atoms with Crippen molar-refractivity contribution in [2.75, 3.05) is 13.1 Å². The Bertz CT molecular complexity index is 1240. The topological polar surface area (TPSA) is 149 Å². The molecule has 3 aliphatic heterocycles. The summed E-state index contributed by atoms with van der Waals surface area (Å²) in [6.07, 6.45) is 1.44. The Balaban J connectivity index is 1.31. The number of rotatable bonds is 7.